The summed E-state index contributed by atoms with van der Waals surface area (Å²) in [4.78, 5) is 15.8. The quantitative estimate of drug-likeness (QED) is 0.490. The standard InChI is InChI=1S/C25H21N3O2/c26-16-19-14-21-7-8-22-2-1-9-28(22)24(21)23(15-19)25(29)20-5-3-18(4-6-20)17-27-10-12-30-13-11-27/h1-9,14-15H,10-13,17H2. The van der Waals surface area contributed by atoms with Gasteiger partial charge in [0, 0.05) is 47.9 Å². The van der Waals surface area contributed by atoms with E-state index >= 15 is 0 Å². The Bertz CT molecular complexity index is 1280. The third kappa shape index (κ3) is 3.37. The van der Waals surface area contributed by atoms with Crippen LogP contribution in [0.15, 0.2) is 66.9 Å². The molecule has 0 aliphatic carbocycles. The summed E-state index contributed by atoms with van der Waals surface area (Å²) in [5.74, 6) is -0.0729. The molecule has 0 N–H and O–H groups in total. The van der Waals surface area contributed by atoms with Gasteiger partial charge >= 0.3 is 0 Å². The van der Waals surface area contributed by atoms with Gasteiger partial charge in [0.15, 0.2) is 5.78 Å². The molecule has 1 aliphatic rings. The molecule has 5 heteroatoms. The highest BCUT2D eigenvalue weighted by Crippen LogP contribution is 2.26. The van der Waals surface area contributed by atoms with Gasteiger partial charge in [-0.05, 0) is 35.9 Å². The van der Waals surface area contributed by atoms with Crippen LogP contribution in [-0.2, 0) is 11.3 Å². The highest BCUT2D eigenvalue weighted by molar-refractivity contribution is 6.16. The zero-order valence-electron chi connectivity index (χ0n) is 16.5. The Kier molecular flexibility index (Phi) is 4.80. The van der Waals surface area contributed by atoms with Crippen molar-refractivity contribution in [1.29, 1.82) is 5.26 Å². The molecule has 1 aliphatic heterocycles. The lowest BCUT2D eigenvalue weighted by Crippen LogP contribution is -2.35. The number of carbonyl (C=O) groups is 1. The van der Waals surface area contributed by atoms with E-state index in [1.165, 1.54) is 5.56 Å². The summed E-state index contributed by atoms with van der Waals surface area (Å²) in [6.45, 7) is 4.26. The summed E-state index contributed by atoms with van der Waals surface area (Å²) in [6.07, 6.45) is 1.95. The number of aromatic nitrogens is 1. The predicted octanol–water partition coefficient (Wildman–Crippen LogP) is 4.03. The maximum absolute atomic E-state index is 13.4. The Morgan fingerprint density at radius 1 is 1.03 bits per heavy atom. The highest BCUT2D eigenvalue weighted by atomic mass is 16.5. The number of hydrogen-bond acceptors (Lipinski definition) is 4. The molecule has 0 bridgehead atoms. The molecule has 30 heavy (non-hydrogen) atoms. The van der Waals surface area contributed by atoms with E-state index in [1.54, 1.807) is 6.07 Å². The monoisotopic (exact) mass is 395 g/mol. The minimum absolute atomic E-state index is 0.0729. The first-order chi connectivity index (χ1) is 14.7. The van der Waals surface area contributed by atoms with Gasteiger partial charge in [-0.2, -0.15) is 5.26 Å². The molecule has 5 rings (SSSR count). The van der Waals surface area contributed by atoms with Crippen LogP contribution in [-0.4, -0.2) is 41.4 Å². The average molecular weight is 395 g/mol. The molecule has 0 atom stereocenters. The number of fused-ring (bicyclic) bond motifs is 3. The van der Waals surface area contributed by atoms with Gasteiger partial charge in [0.1, 0.15) is 0 Å². The number of ether oxygens (including phenoxy) is 1. The van der Waals surface area contributed by atoms with E-state index in [1.807, 2.05) is 65.2 Å². The number of benzene rings is 2. The van der Waals surface area contributed by atoms with Gasteiger partial charge in [0.25, 0.3) is 0 Å². The van der Waals surface area contributed by atoms with Crippen molar-refractivity contribution < 1.29 is 9.53 Å². The molecule has 0 amide bonds. The minimum Gasteiger partial charge on any atom is -0.379 e. The second-order valence-corrected chi connectivity index (χ2v) is 7.62. The predicted molar refractivity (Wildman–Crippen MR) is 116 cm³/mol. The van der Waals surface area contributed by atoms with Gasteiger partial charge < -0.3 is 9.14 Å². The van der Waals surface area contributed by atoms with Crippen molar-refractivity contribution in [1.82, 2.24) is 9.30 Å². The van der Waals surface area contributed by atoms with Crippen molar-refractivity contribution in [3.05, 3.63) is 89.1 Å². The van der Waals surface area contributed by atoms with E-state index in [9.17, 15) is 10.1 Å². The van der Waals surface area contributed by atoms with Gasteiger partial charge in [0.2, 0.25) is 0 Å². The molecule has 1 fully saturated rings. The summed E-state index contributed by atoms with van der Waals surface area (Å²) >= 11 is 0. The summed E-state index contributed by atoms with van der Waals surface area (Å²) in [6, 6.07) is 21.5. The van der Waals surface area contributed by atoms with Crippen molar-refractivity contribution >= 4 is 22.2 Å². The lowest BCUT2D eigenvalue weighted by Gasteiger charge is -2.26. The molecule has 0 radical (unpaired) electrons. The second-order valence-electron chi connectivity index (χ2n) is 7.62. The van der Waals surface area contributed by atoms with Crippen LogP contribution >= 0.6 is 0 Å². The molecule has 148 valence electrons. The van der Waals surface area contributed by atoms with Gasteiger partial charge in [-0.25, -0.2) is 0 Å². The number of nitrogens with zero attached hydrogens (tertiary/aromatic N) is 3. The lowest BCUT2D eigenvalue weighted by molar-refractivity contribution is 0.0342. The van der Waals surface area contributed by atoms with Crippen LogP contribution in [0.4, 0.5) is 0 Å². The summed E-state index contributed by atoms with van der Waals surface area (Å²) in [7, 11) is 0. The van der Waals surface area contributed by atoms with E-state index in [2.05, 4.69) is 11.0 Å². The molecule has 3 heterocycles. The number of nitriles is 1. The zero-order chi connectivity index (χ0) is 20.5. The van der Waals surface area contributed by atoms with Crippen molar-refractivity contribution in [3.8, 4) is 6.07 Å². The largest absolute Gasteiger partial charge is 0.379 e. The normalized spacial score (nSPS) is 14.8. The molecule has 4 aromatic rings. The van der Waals surface area contributed by atoms with Crippen LogP contribution in [0, 0.1) is 11.3 Å². The Balaban J connectivity index is 1.52. The first-order valence-electron chi connectivity index (χ1n) is 10.1. The zero-order valence-corrected chi connectivity index (χ0v) is 16.5. The number of hydrogen-bond donors (Lipinski definition) is 0. The van der Waals surface area contributed by atoms with E-state index in [-0.39, 0.29) is 5.78 Å². The van der Waals surface area contributed by atoms with Gasteiger partial charge in [0.05, 0.1) is 30.4 Å². The number of rotatable bonds is 4. The van der Waals surface area contributed by atoms with Gasteiger partial charge in [-0.1, -0.05) is 30.3 Å². The molecule has 0 unspecified atom stereocenters. The summed E-state index contributed by atoms with van der Waals surface area (Å²) < 4.78 is 7.41. The lowest BCUT2D eigenvalue weighted by atomic mass is 9.97. The van der Waals surface area contributed by atoms with Crippen molar-refractivity contribution in [2.24, 2.45) is 0 Å². The van der Waals surface area contributed by atoms with Crippen molar-refractivity contribution in [3.63, 3.8) is 0 Å². The second kappa shape index (κ2) is 7.75. The Hall–Kier alpha value is -3.46. The van der Waals surface area contributed by atoms with Crippen LogP contribution < -0.4 is 0 Å². The Labute approximate surface area is 174 Å². The summed E-state index contributed by atoms with van der Waals surface area (Å²) in [5.41, 5.74) is 4.69. The Morgan fingerprint density at radius 2 is 1.83 bits per heavy atom. The van der Waals surface area contributed by atoms with E-state index in [0.717, 1.165) is 49.3 Å². The van der Waals surface area contributed by atoms with Gasteiger partial charge in [-0.3, -0.25) is 9.69 Å². The minimum atomic E-state index is -0.0729. The van der Waals surface area contributed by atoms with Crippen molar-refractivity contribution in [2.75, 3.05) is 26.3 Å². The smallest absolute Gasteiger partial charge is 0.195 e. The number of morpholine rings is 1. The van der Waals surface area contributed by atoms with Gasteiger partial charge in [-0.15, -0.1) is 0 Å². The number of ketones is 1. The Morgan fingerprint density at radius 3 is 2.60 bits per heavy atom. The van der Waals surface area contributed by atoms with Crippen LogP contribution in [0.3, 0.4) is 0 Å². The van der Waals surface area contributed by atoms with E-state index in [0.29, 0.717) is 16.7 Å². The maximum atomic E-state index is 13.4. The van der Waals surface area contributed by atoms with Crippen LogP contribution in [0.2, 0.25) is 0 Å². The number of carbonyl (C=O) groups excluding carboxylic acids is 1. The van der Waals surface area contributed by atoms with Crippen molar-refractivity contribution in [2.45, 2.75) is 6.54 Å². The molecular formula is C25H21N3O2. The molecule has 0 saturated carbocycles. The molecule has 1 saturated heterocycles. The average Bonchev–Trinajstić information content (AvgIpc) is 3.28. The first kappa shape index (κ1) is 18.6. The van der Waals surface area contributed by atoms with Crippen LogP contribution in [0.1, 0.15) is 27.0 Å². The number of pyridine rings is 1. The fourth-order valence-corrected chi connectivity index (χ4v) is 4.13. The van der Waals surface area contributed by atoms with Crippen LogP contribution in [0.25, 0.3) is 16.4 Å². The fraction of sp³-hybridized carbons (Fsp3) is 0.200. The molecule has 2 aromatic heterocycles. The summed E-state index contributed by atoms with van der Waals surface area (Å²) in [5, 5.41) is 10.3. The SMILES string of the molecule is N#Cc1cc(C(=O)c2ccc(CN3CCOCC3)cc2)c2c(ccc3cccn32)c1. The molecule has 5 nitrogen and oxygen atoms in total. The third-order valence-electron chi connectivity index (χ3n) is 5.69. The highest BCUT2D eigenvalue weighted by Gasteiger charge is 2.17. The molecule has 2 aromatic carbocycles. The molecular weight excluding hydrogens is 374 g/mol. The van der Waals surface area contributed by atoms with Crippen LogP contribution in [0.5, 0.6) is 0 Å². The topological polar surface area (TPSA) is 57.7 Å². The van der Waals surface area contributed by atoms with E-state index in [4.69, 9.17) is 4.74 Å². The first-order valence-corrected chi connectivity index (χ1v) is 10.1. The van der Waals surface area contributed by atoms with E-state index < -0.39 is 0 Å². The molecule has 0 spiro atoms. The third-order valence-corrected chi connectivity index (χ3v) is 5.69. The maximum Gasteiger partial charge on any atom is 0.195 e. The fourth-order valence-electron chi connectivity index (χ4n) is 4.13.